The van der Waals surface area contributed by atoms with E-state index in [1.807, 2.05) is 18.2 Å². The van der Waals surface area contributed by atoms with Gasteiger partial charge < -0.3 is 5.11 Å². The lowest BCUT2D eigenvalue weighted by molar-refractivity contribution is -0.385. The molecule has 0 atom stereocenters. The van der Waals surface area contributed by atoms with Crippen molar-refractivity contribution in [2.45, 2.75) is 6.92 Å². The van der Waals surface area contributed by atoms with Crippen molar-refractivity contribution < 1.29 is 10.0 Å². The van der Waals surface area contributed by atoms with Crippen molar-refractivity contribution in [2.75, 3.05) is 0 Å². The molecule has 1 aromatic heterocycles. The normalized spacial score (nSPS) is 11.3. The number of hydrogen-bond donors (Lipinski definition) is 1. The van der Waals surface area contributed by atoms with Gasteiger partial charge in [-0.25, -0.2) is 4.98 Å². The highest BCUT2D eigenvalue weighted by atomic mass is 127. The topological polar surface area (TPSA) is 111 Å². The fourth-order valence-corrected chi connectivity index (χ4v) is 3.70. The number of aromatic nitrogens is 2. The first-order valence-corrected chi connectivity index (χ1v) is 10.2. The van der Waals surface area contributed by atoms with E-state index < -0.39 is 10.7 Å². The molecule has 0 aliphatic heterocycles. The van der Waals surface area contributed by atoms with Gasteiger partial charge in [0.2, 0.25) is 5.75 Å². The van der Waals surface area contributed by atoms with E-state index in [0.717, 1.165) is 3.57 Å². The molecule has 4 aromatic rings. The quantitative estimate of drug-likeness (QED) is 0.180. The zero-order chi connectivity index (χ0) is 22.1. The van der Waals surface area contributed by atoms with Crippen LogP contribution >= 0.6 is 22.6 Å². The Labute approximate surface area is 189 Å². The van der Waals surface area contributed by atoms with E-state index in [1.165, 1.54) is 29.0 Å². The Kier molecular flexibility index (Phi) is 5.51. The molecule has 31 heavy (non-hydrogen) atoms. The Morgan fingerprint density at radius 2 is 1.90 bits per heavy atom. The van der Waals surface area contributed by atoms with Crippen LogP contribution in [0.2, 0.25) is 0 Å². The lowest BCUT2D eigenvalue weighted by Crippen LogP contribution is -2.22. The van der Waals surface area contributed by atoms with Crippen LogP contribution in [0.15, 0.2) is 70.5 Å². The molecule has 0 radical (unpaired) electrons. The molecule has 1 N–H and O–H groups in total. The second kappa shape index (κ2) is 8.26. The maximum Gasteiger partial charge on any atom is 0.311 e. The molecule has 0 amide bonds. The summed E-state index contributed by atoms with van der Waals surface area (Å²) in [5, 5.41) is 21.5. The summed E-state index contributed by atoms with van der Waals surface area (Å²) in [4.78, 5) is 32.1. The number of rotatable bonds is 4. The van der Waals surface area contributed by atoms with Gasteiger partial charge in [0.15, 0.2) is 0 Å². The number of phenolic OH excluding ortho intramolecular Hbond substituents is 1. The van der Waals surface area contributed by atoms with Gasteiger partial charge in [0.1, 0.15) is 5.82 Å². The Morgan fingerprint density at radius 1 is 1.16 bits per heavy atom. The number of fused-ring (bicyclic) bond motifs is 1. The van der Waals surface area contributed by atoms with Gasteiger partial charge in [-0.15, -0.1) is 0 Å². The Hall–Kier alpha value is -3.60. The van der Waals surface area contributed by atoms with E-state index in [0.29, 0.717) is 28.1 Å². The number of benzene rings is 3. The van der Waals surface area contributed by atoms with Crippen LogP contribution in [0, 0.1) is 20.6 Å². The predicted octanol–water partition coefficient (Wildman–Crippen LogP) is 4.66. The van der Waals surface area contributed by atoms with Gasteiger partial charge in [-0.1, -0.05) is 6.07 Å². The van der Waals surface area contributed by atoms with Gasteiger partial charge in [-0.3, -0.25) is 24.5 Å². The third kappa shape index (κ3) is 4.04. The summed E-state index contributed by atoms with van der Waals surface area (Å²) in [5.41, 5.74) is 1.55. The average molecular weight is 526 g/mol. The molecule has 9 heteroatoms. The number of hydrogen-bond acceptors (Lipinski definition) is 6. The van der Waals surface area contributed by atoms with Crippen LogP contribution < -0.4 is 5.56 Å². The molecule has 0 fully saturated rings. The van der Waals surface area contributed by atoms with E-state index in [1.54, 1.807) is 31.2 Å². The number of halogens is 1. The van der Waals surface area contributed by atoms with Crippen molar-refractivity contribution in [1.29, 1.82) is 0 Å². The smallest absolute Gasteiger partial charge is 0.311 e. The minimum Gasteiger partial charge on any atom is -0.502 e. The first-order chi connectivity index (χ1) is 14.8. The second-order valence-electron chi connectivity index (χ2n) is 6.71. The minimum atomic E-state index is -0.653. The fourth-order valence-electron chi connectivity index (χ4n) is 3.20. The van der Waals surface area contributed by atoms with Gasteiger partial charge in [0.05, 0.1) is 27.2 Å². The molecule has 0 saturated carbocycles. The zero-order valence-electron chi connectivity index (χ0n) is 16.2. The van der Waals surface area contributed by atoms with E-state index in [-0.39, 0.29) is 16.8 Å². The monoisotopic (exact) mass is 526 g/mol. The summed E-state index contributed by atoms with van der Waals surface area (Å²) >= 11 is 2.16. The maximum atomic E-state index is 13.0. The van der Waals surface area contributed by atoms with Crippen LogP contribution in [0.5, 0.6) is 5.75 Å². The van der Waals surface area contributed by atoms with Crippen molar-refractivity contribution in [2.24, 2.45) is 4.99 Å². The lowest BCUT2D eigenvalue weighted by Gasteiger charge is -2.11. The molecule has 0 saturated heterocycles. The predicted molar refractivity (Wildman–Crippen MR) is 127 cm³/mol. The molecule has 4 rings (SSSR count). The van der Waals surface area contributed by atoms with Gasteiger partial charge in [0, 0.05) is 21.4 Å². The molecule has 1 heterocycles. The molecule has 8 nitrogen and oxygen atoms in total. The fraction of sp³-hybridized carbons (Fsp3) is 0.0455. The number of para-hydroxylation sites is 1. The van der Waals surface area contributed by atoms with Crippen molar-refractivity contribution >= 4 is 51.1 Å². The van der Waals surface area contributed by atoms with Crippen molar-refractivity contribution in [3.05, 3.63) is 96.1 Å². The first kappa shape index (κ1) is 20.7. The number of nitrogens with zero attached hydrogens (tertiary/aromatic N) is 4. The molecule has 154 valence electrons. The van der Waals surface area contributed by atoms with E-state index in [4.69, 9.17) is 0 Å². The van der Waals surface area contributed by atoms with Crippen LogP contribution in [0.1, 0.15) is 11.4 Å². The van der Waals surface area contributed by atoms with Crippen molar-refractivity contribution in [3.63, 3.8) is 0 Å². The number of aryl methyl sites for hydroxylation is 1. The largest absolute Gasteiger partial charge is 0.502 e. The van der Waals surface area contributed by atoms with Gasteiger partial charge in [0.25, 0.3) is 5.56 Å². The SMILES string of the molecule is Cc1nc2ccc(I)cc2c(=O)n1-c1ccc(N=Cc2cccc([N+](=O)[O-])c2O)cc1. The molecular weight excluding hydrogens is 511 g/mol. The molecule has 0 aliphatic carbocycles. The molecular formula is C22H15IN4O4. The van der Waals surface area contributed by atoms with Crippen molar-refractivity contribution in [1.82, 2.24) is 9.55 Å². The highest BCUT2D eigenvalue weighted by Gasteiger charge is 2.15. The van der Waals surface area contributed by atoms with Crippen LogP contribution in [-0.2, 0) is 0 Å². The third-order valence-electron chi connectivity index (χ3n) is 4.70. The van der Waals surface area contributed by atoms with Crippen LogP contribution in [0.4, 0.5) is 11.4 Å². The summed E-state index contributed by atoms with van der Waals surface area (Å²) in [6, 6.07) is 16.7. The van der Waals surface area contributed by atoms with Crippen molar-refractivity contribution in [3.8, 4) is 11.4 Å². The van der Waals surface area contributed by atoms with Crippen LogP contribution in [0.25, 0.3) is 16.6 Å². The summed E-state index contributed by atoms with van der Waals surface area (Å²) in [7, 11) is 0. The van der Waals surface area contributed by atoms with E-state index in [2.05, 4.69) is 32.6 Å². The Balaban J connectivity index is 1.68. The zero-order valence-corrected chi connectivity index (χ0v) is 18.3. The number of phenols is 1. The summed E-state index contributed by atoms with van der Waals surface area (Å²) < 4.78 is 2.49. The second-order valence-corrected chi connectivity index (χ2v) is 7.95. The molecule has 0 bridgehead atoms. The van der Waals surface area contributed by atoms with Crippen LogP contribution in [-0.4, -0.2) is 25.8 Å². The summed E-state index contributed by atoms with van der Waals surface area (Å²) in [5.74, 6) is 0.128. The Morgan fingerprint density at radius 3 is 2.61 bits per heavy atom. The Bertz CT molecular complexity index is 1410. The maximum absolute atomic E-state index is 13.0. The average Bonchev–Trinajstić information content (AvgIpc) is 2.74. The lowest BCUT2D eigenvalue weighted by atomic mass is 10.2. The van der Waals surface area contributed by atoms with Gasteiger partial charge >= 0.3 is 5.69 Å². The highest BCUT2D eigenvalue weighted by molar-refractivity contribution is 14.1. The third-order valence-corrected chi connectivity index (χ3v) is 5.37. The van der Waals surface area contributed by atoms with E-state index in [9.17, 15) is 20.0 Å². The van der Waals surface area contributed by atoms with E-state index >= 15 is 0 Å². The number of nitro groups is 1. The first-order valence-electron chi connectivity index (χ1n) is 9.15. The van der Waals surface area contributed by atoms with Gasteiger partial charge in [-0.05, 0) is 78.0 Å². The molecule has 3 aromatic carbocycles. The highest BCUT2D eigenvalue weighted by Crippen LogP contribution is 2.28. The molecule has 0 spiro atoms. The summed E-state index contributed by atoms with van der Waals surface area (Å²) in [6.45, 7) is 1.77. The number of nitro benzene ring substituents is 1. The van der Waals surface area contributed by atoms with Gasteiger partial charge in [-0.2, -0.15) is 0 Å². The summed E-state index contributed by atoms with van der Waals surface area (Å²) in [6.07, 6.45) is 1.36. The van der Waals surface area contributed by atoms with Crippen LogP contribution in [0.3, 0.4) is 0 Å². The standard InChI is InChI=1S/C22H15IN4O4/c1-13-25-19-10-5-15(23)11-18(19)22(29)26(13)17-8-6-16(7-9-17)24-12-14-3-2-4-20(21(14)28)27(30)31/h2-12,28H,1H3. The number of aromatic hydroxyl groups is 1. The molecule has 0 aliphatic rings. The molecule has 0 unspecified atom stereocenters. The minimum absolute atomic E-state index is 0.154. The number of aliphatic imine (C=N–C) groups is 1.